The number of hydrogen-bond donors (Lipinski definition) is 3. The Labute approximate surface area is 194 Å². The summed E-state index contributed by atoms with van der Waals surface area (Å²) in [5.41, 5.74) is 4.70. The van der Waals surface area contributed by atoms with E-state index in [0.29, 0.717) is 13.0 Å². The van der Waals surface area contributed by atoms with Gasteiger partial charge in [-0.05, 0) is 38.0 Å². The van der Waals surface area contributed by atoms with Crippen molar-refractivity contribution in [2.45, 2.75) is 32.7 Å². The van der Waals surface area contributed by atoms with Crippen LogP contribution in [0, 0.1) is 13.8 Å². The second-order valence-corrected chi connectivity index (χ2v) is 8.73. The summed E-state index contributed by atoms with van der Waals surface area (Å²) < 4.78 is 0. The highest BCUT2D eigenvalue weighted by Crippen LogP contribution is 2.22. The van der Waals surface area contributed by atoms with Gasteiger partial charge in [0.25, 0.3) is 0 Å². The number of amides is 3. The lowest BCUT2D eigenvalue weighted by molar-refractivity contribution is -0.121. The van der Waals surface area contributed by atoms with Crippen molar-refractivity contribution in [1.82, 2.24) is 20.5 Å². The molecule has 7 nitrogen and oxygen atoms in total. The molecule has 172 valence electrons. The summed E-state index contributed by atoms with van der Waals surface area (Å²) in [6.45, 7) is 6.95. The van der Waals surface area contributed by atoms with Crippen LogP contribution in [0.3, 0.4) is 0 Å². The summed E-state index contributed by atoms with van der Waals surface area (Å²) in [6.07, 6.45) is 1.33. The van der Waals surface area contributed by atoms with Gasteiger partial charge in [0.15, 0.2) is 0 Å². The zero-order valence-corrected chi connectivity index (χ0v) is 19.2. The summed E-state index contributed by atoms with van der Waals surface area (Å²) in [5.74, 6) is 0.0584. The van der Waals surface area contributed by atoms with Gasteiger partial charge in [0.2, 0.25) is 5.91 Å². The summed E-state index contributed by atoms with van der Waals surface area (Å²) in [7, 11) is 0. The van der Waals surface area contributed by atoms with Crippen molar-refractivity contribution in [2.75, 3.05) is 31.5 Å². The topological polar surface area (TPSA) is 86.4 Å². The molecular weight excluding hydrogens is 414 g/mol. The fraction of sp³-hybridized carbons (Fsp3) is 0.346. The number of hydrogen-bond acceptors (Lipinski definition) is 4. The molecule has 1 aliphatic rings. The number of rotatable bonds is 7. The fourth-order valence-corrected chi connectivity index (χ4v) is 4.23. The highest BCUT2D eigenvalue weighted by molar-refractivity contribution is 6.00. The van der Waals surface area contributed by atoms with E-state index in [0.717, 1.165) is 53.9 Å². The first-order valence-electron chi connectivity index (χ1n) is 11.4. The molecule has 1 aliphatic heterocycles. The molecule has 0 radical (unpaired) electrons. The van der Waals surface area contributed by atoms with Crippen molar-refractivity contribution in [3.8, 4) is 0 Å². The Morgan fingerprint density at radius 2 is 1.88 bits per heavy atom. The van der Waals surface area contributed by atoms with Crippen molar-refractivity contribution in [3.05, 3.63) is 71.4 Å². The van der Waals surface area contributed by atoms with E-state index < -0.39 is 0 Å². The lowest BCUT2D eigenvalue weighted by Crippen LogP contribution is -2.40. The van der Waals surface area contributed by atoms with E-state index in [1.165, 1.54) is 5.56 Å². The standard InChI is InChI=1S/C26H31N5O2/c1-18-7-9-20(10-8-18)16-25(32)29-21-11-13-31(17-21)14-12-27-26(33)30-24-15-19(2)28-23-6-4-3-5-22(23)24/h3-10,15,21H,11-14,16-17H2,1-2H3,(H,29,32)(H2,27,28,30,33). The molecule has 0 saturated carbocycles. The average Bonchev–Trinajstić information content (AvgIpc) is 3.22. The van der Waals surface area contributed by atoms with Crippen LogP contribution < -0.4 is 16.0 Å². The third kappa shape index (κ3) is 6.29. The van der Waals surface area contributed by atoms with E-state index in [2.05, 4.69) is 25.8 Å². The molecule has 4 rings (SSSR count). The Morgan fingerprint density at radius 1 is 1.09 bits per heavy atom. The molecule has 2 aromatic carbocycles. The van der Waals surface area contributed by atoms with Crippen LogP contribution in [-0.4, -0.2) is 54.0 Å². The fourth-order valence-electron chi connectivity index (χ4n) is 4.23. The Balaban J connectivity index is 1.19. The number of para-hydroxylation sites is 1. The number of aryl methyl sites for hydroxylation is 2. The van der Waals surface area contributed by atoms with Crippen LogP contribution in [0.1, 0.15) is 23.2 Å². The average molecular weight is 446 g/mol. The molecule has 3 amide bonds. The Kier molecular flexibility index (Phi) is 7.19. The Bertz CT molecular complexity index is 1130. The molecule has 3 N–H and O–H groups in total. The van der Waals surface area contributed by atoms with Crippen LogP contribution in [0.2, 0.25) is 0 Å². The number of carbonyl (C=O) groups excluding carboxylic acids is 2. The molecule has 3 aromatic rings. The minimum absolute atomic E-state index is 0.0584. The Hall–Kier alpha value is -3.45. The van der Waals surface area contributed by atoms with Gasteiger partial charge in [-0.15, -0.1) is 0 Å². The van der Waals surface area contributed by atoms with Gasteiger partial charge in [-0.3, -0.25) is 14.7 Å². The number of fused-ring (bicyclic) bond motifs is 1. The van der Waals surface area contributed by atoms with Gasteiger partial charge in [0.05, 0.1) is 17.6 Å². The second-order valence-electron chi connectivity index (χ2n) is 8.73. The van der Waals surface area contributed by atoms with E-state index in [-0.39, 0.29) is 18.0 Å². The molecule has 0 aliphatic carbocycles. The summed E-state index contributed by atoms with van der Waals surface area (Å²) in [4.78, 5) is 31.6. The number of likely N-dealkylation sites (tertiary alicyclic amines) is 1. The quantitative estimate of drug-likeness (QED) is 0.520. The van der Waals surface area contributed by atoms with E-state index in [4.69, 9.17) is 0 Å². The number of carbonyl (C=O) groups is 2. The predicted molar refractivity (Wildman–Crippen MR) is 131 cm³/mol. The maximum atomic E-state index is 12.4. The molecule has 1 unspecified atom stereocenters. The van der Waals surface area contributed by atoms with Gasteiger partial charge in [0.1, 0.15) is 0 Å². The van der Waals surface area contributed by atoms with Crippen LogP contribution >= 0.6 is 0 Å². The number of anilines is 1. The molecule has 33 heavy (non-hydrogen) atoms. The van der Waals surface area contributed by atoms with Crippen LogP contribution in [0.5, 0.6) is 0 Å². The number of aromatic nitrogens is 1. The molecule has 7 heteroatoms. The third-order valence-corrected chi connectivity index (χ3v) is 5.93. The number of nitrogens with one attached hydrogen (secondary N) is 3. The van der Waals surface area contributed by atoms with Gasteiger partial charge in [0, 0.05) is 43.3 Å². The molecule has 1 atom stereocenters. The molecule has 0 spiro atoms. The van der Waals surface area contributed by atoms with Crippen LogP contribution in [0.4, 0.5) is 10.5 Å². The van der Waals surface area contributed by atoms with E-state index in [9.17, 15) is 9.59 Å². The van der Waals surface area contributed by atoms with Gasteiger partial charge >= 0.3 is 6.03 Å². The largest absolute Gasteiger partial charge is 0.352 e. The van der Waals surface area contributed by atoms with Crippen LogP contribution in [0.15, 0.2) is 54.6 Å². The van der Waals surface area contributed by atoms with Gasteiger partial charge in [-0.25, -0.2) is 4.79 Å². The number of urea groups is 1. The predicted octanol–water partition coefficient (Wildman–Crippen LogP) is 3.41. The van der Waals surface area contributed by atoms with Gasteiger partial charge in [-0.1, -0.05) is 48.0 Å². The van der Waals surface area contributed by atoms with Crippen molar-refractivity contribution < 1.29 is 9.59 Å². The normalized spacial score (nSPS) is 16.0. The second kappa shape index (κ2) is 10.4. The maximum Gasteiger partial charge on any atom is 0.319 e. The highest BCUT2D eigenvalue weighted by atomic mass is 16.2. The van der Waals surface area contributed by atoms with Crippen LogP contribution in [-0.2, 0) is 11.2 Å². The smallest absolute Gasteiger partial charge is 0.319 e. The summed E-state index contributed by atoms with van der Waals surface area (Å²) >= 11 is 0. The lowest BCUT2D eigenvalue weighted by Gasteiger charge is -2.17. The monoisotopic (exact) mass is 445 g/mol. The van der Waals surface area contributed by atoms with Gasteiger partial charge < -0.3 is 16.0 Å². The first-order valence-corrected chi connectivity index (χ1v) is 11.4. The molecule has 2 heterocycles. The first-order chi connectivity index (χ1) is 16.0. The zero-order valence-electron chi connectivity index (χ0n) is 19.2. The summed E-state index contributed by atoms with van der Waals surface area (Å²) in [6, 6.07) is 17.6. The maximum absolute atomic E-state index is 12.4. The SMILES string of the molecule is Cc1ccc(CC(=O)NC2CCN(CCNC(=O)Nc3cc(C)nc4ccccc34)C2)cc1. The van der Waals surface area contributed by atoms with Gasteiger partial charge in [-0.2, -0.15) is 0 Å². The lowest BCUT2D eigenvalue weighted by atomic mass is 10.1. The highest BCUT2D eigenvalue weighted by Gasteiger charge is 2.23. The third-order valence-electron chi connectivity index (χ3n) is 5.93. The van der Waals surface area contributed by atoms with Crippen molar-refractivity contribution in [2.24, 2.45) is 0 Å². The van der Waals surface area contributed by atoms with Crippen molar-refractivity contribution in [3.63, 3.8) is 0 Å². The molecule has 1 aromatic heterocycles. The Morgan fingerprint density at radius 3 is 2.70 bits per heavy atom. The van der Waals surface area contributed by atoms with E-state index in [1.54, 1.807) is 0 Å². The van der Waals surface area contributed by atoms with Crippen molar-refractivity contribution >= 4 is 28.5 Å². The minimum Gasteiger partial charge on any atom is -0.352 e. The minimum atomic E-state index is -0.229. The summed E-state index contributed by atoms with van der Waals surface area (Å²) in [5, 5.41) is 9.94. The number of pyridine rings is 1. The van der Waals surface area contributed by atoms with E-state index in [1.807, 2.05) is 68.4 Å². The van der Waals surface area contributed by atoms with Crippen molar-refractivity contribution in [1.29, 1.82) is 0 Å². The molecule has 1 fully saturated rings. The zero-order chi connectivity index (χ0) is 23.2. The van der Waals surface area contributed by atoms with Crippen LogP contribution in [0.25, 0.3) is 10.9 Å². The number of nitrogens with zero attached hydrogens (tertiary/aromatic N) is 2. The first kappa shape index (κ1) is 22.7. The number of benzene rings is 2. The molecule has 1 saturated heterocycles. The van der Waals surface area contributed by atoms with E-state index >= 15 is 0 Å². The molecule has 0 bridgehead atoms. The molecular formula is C26H31N5O2.